The summed E-state index contributed by atoms with van der Waals surface area (Å²) < 4.78 is 19.7. The van der Waals surface area contributed by atoms with E-state index in [9.17, 15) is 5.26 Å². The van der Waals surface area contributed by atoms with Crippen LogP contribution in [0.5, 0.6) is 5.88 Å². The van der Waals surface area contributed by atoms with Crippen LogP contribution >= 0.6 is 0 Å². The molecule has 0 saturated carbocycles. The van der Waals surface area contributed by atoms with E-state index in [0.717, 1.165) is 80.0 Å². The van der Waals surface area contributed by atoms with E-state index in [2.05, 4.69) is 45.9 Å². The highest BCUT2D eigenvalue weighted by molar-refractivity contribution is 5.85. The molecule has 5 heterocycles. The number of hydrogen-bond acceptors (Lipinski definition) is 7. The molecule has 3 aromatic heterocycles. The van der Waals surface area contributed by atoms with Crippen LogP contribution in [0, 0.1) is 11.3 Å². The Hall–Kier alpha value is -4.19. The van der Waals surface area contributed by atoms with Crippen molar-refractivity contribution >= 4 is 22.0 Å². The zero-order chi connectivity index (χ0) is 26.9. The third-order valence-electron chi connectivity index (χ3n) is 8.23. The van der Waals surface area contributed by atoms with E-state index in [1.54, 1.807) is 12.3 Å². The van der Waals surface area contributed by atoms with Crippen molar-refractivity contribution in [2.24, 2.45) is 0 Å². The van der Waals surface area contributed by atoms with Crippen LogP contribution in [0.2, 0.25) is 0 Å². The number of rotatable bonds is 8. The van der Waals surface area contributed by atoms with Gasteiger partial charge in [-0.3, -0.25) is 4.90 Å². The van der Waals surface area contributed by atoms with Crippen LogP contribution in [-0.2, 0) is 24.4 Å². The molecule has 2 fully saturated rings. The zero-order valence-corrected chi connectivity index (χ0v) is 22.3. The Morgan fingerprint density at radius 3 is 2.67 bits per heavy atom. The highest BCUT2D eigenvalue weighted by Crippen LogP contribution is 2.30. The second-order valence-corrected chi connectivity index (χ2v) is 10.7. The lowest BCUT2D eigenvalue weighted by Crippen LogP contribution is -2.35. The van der Waals surface area contributed by atoms with E-state index in [0.29, 0.717) is 35.7 Å². The Morgan fingerprint density at radius 2 is 1.85 bits per heavy atom. The minimum atomic E-state index is 0.297. The van der Waals surface area contributed by atoms with Crippen molar-refractivity contribution < 1.29 is 13.9 Å². The number of furan rings is 1. The van der Waals surface area contributed by atoms with Gasteiger partial charge in [-0.05, 0) is 62.7 Å². The number of benzene rings is 2. The first-order valence-electron chi connectivity index (χ1n) is 14.0. The lowest BCUT2D eigenvalue weighted by molar-refractivity contribution is -0.0592. The van der Waals surface area contributed by atoms with Gasteiger partial charge in [0.15, 0.2) is 5.58 Å². The Balaban J connectivity index is 0.995. The number of nitrogens with zero attached hydrogens (tertiary/aromatic N) is 5. The lowest BCUT2D eigenvalue weighted by Gasteiger charge is -2.32. The summed E-state index contributed by atoms with van der Waals surface area (Å²) in [5.74, 6) is 2.14. The Kier molecular flexibility index (Phi) is 6.68. The van der Waals surface area contributed by atoms with Crippen molar-refractivity contribution in [1.29, 1.82) is 5.26 Å². The van der Waals surface area contributed by atoms with Crippen LogP contribution in [0.1, 0.15) is 47.8 Å². The third-order valence-corrected chi connectivity index (χ3v) is 8.23. The van der Waals surface area contributed by atoms with Gasteiger partial charge in [-0.2, -0.15) is 5.26 Å². The fraction of sp³-hybridized carbons (Fsp3) is 0.344. The van der Waals surface area contributed by atoms with Gasteiger partial charge < -0.3 is 18.5 Å². The van der Waals surface area contributed by atoms with Crippen LogP contribution in [0.25, 0.3) is 22.0 Å². The highest BCUT2D eigenvalue weighted by Gasteiger charge is 2.26. The molecule has 0 aliphatic carbocycles. The van der Waals surface area contributed by atoms with E-state index in [4.69, 9.17) is 23.9 Å². The Morgan fingerprint density at radius 1 is 0.975 bits per heavy atom. The van der Waals surface area contributed by atoms with Crippen LogP contribution < -0.4 is 4.74 Å². The molecular formula is C32H31N5O3. The van der Waals surface area contributed by atoms with Crippen molar-refractivity contribution in [2.45, 2.75) is 51.0 Å². The van der Waals surface area contributed by atoms with Gasteiger partial charge in [0.05, 0.1) is 42.1 Å². The molecule has 0 bridgehead atoms. The minimum Gasteiger partial charge on any atom is -0.473 e. The summed E-state index contributed by atoms with van der Waals surface area (Å²) in [4.78, 5) is 12.4. The molecule has 2 aromatic carbocycles. The molecule has 202 valence electrons. The Bertz CT molecular complexity index is 1690. The predicted molar refractivity (Wildman–Crippen MR) is 151 cm³/mol. The third kappa shape index (κ3) is 4.83. The summed E-state index contributed by atoms with van der Waals surface area (Å²) >= 11 is 0. The molecule has 2 aliphatic heterocycles. The number of imidazole rings is 1. The molecule has 1 atom stereocenters. The first-order chi connectivity index (χ1) is 19.7. The van der Waals surface area contributed by atoms with Crippen LogP contribution in [0.4, 0.5) is 0 Å². The standard InChI is InChI=1S/C32H31N5O3/c33-18-23-8-9-24(26-13-17-39-32(23)26)21-40-31-7-3-5-27(35-31)22-10-14-36(15-11-22)20-30-34-28-4-1-2-6-29(28)37(30)19-25-12-16-38-25/h1-9,13,17,22,25H,10-12,14-16,19-21H2/t25-/m0/s1. The van der Waals surface area contributed by atoms with Crippen LogP contribution in [0.3, 0.4) is 0 Å². The maximum absolute atomic E-state index is 9.32. The minimum absolute atomic E-state index is 0.297. The Labute approximate surface area is 232 Å². The number of likely N-dealkylation sites (tertiary alicyclic amines) is 1. The number of piperidine rings is 1. The van der Waals surface area contributed by atoms with Gasteiger partial charge in [0.1, 0.15) is 18.5 Å². The molecule has 8 heteroatoms. The molecular weight excluding hydrogens is 502 g/mol. The second kappa shape index (κ2) is 10.8. The highest BCUT2D eigenvalue weighted by atomic mass is 16.5. The molecule has 40 heavy (non-hydrogen) atoms. The quantitative estimate of drug-likeness (QED) is 0.249. The van der Waals surface area contributed by atoms with Gasteiger partial charge >= 0.3 is 0 Å². The largest absolute Gasteiger partial charge is 0.473 e. The second-order valence-electron chi connectivity index (χ2n) is 10.7. The molecule has 2 saturated heterocycles. The van der Waals surface area contributed by atoms with Gasteiger partial charge in [0, 0.05) is 35.2 Å². The van der Waals surface area contributed by atoms with Crippen LogP contribution in [-0.4, -0.2) is 45.2 Å². The van der Waals surface area contributed by atoms with E-state index in [1.807, 2.05) is 24.3 Å². The zero-order valence-electron chi connectivity index (χ0n) is 22.3. The predicted octanol–water partition coefficient (Wildman–Crippen LogP) is 5.80. The van der Waals surface area contributed by atoms with Crippen LogP contribution in [0.15, 0.2) is 71.3 Å². The first kappa shape index (κ1) is 24.8. The number of ether oxygens (including phenoxy) is 2. The average Bonchev–Trinajstić information content (AvgIpc) is 3.59. The van der Waals surface area contributed by atoms with Crippen molar-refractivity contribution in [3.8, 4) is 11.9 Å². The molecule has 0 N–H and O–H groups in total. The summed E-state index contributed by atoms with van der Waals surface area (Å²) in [6.45, 7) is 4.96. The monoisotopic (exact) mass is 533 g/mol. The summed E-state index contributed by atoms with van der Waals surface area (Å²) in [5.41, 5.74) is 5.43. The van der Waals surface area contributed by atoms with Gasteiger partial charge in [-0.15, -0.1) is 0 Å². The molecule has 0 radical (unpaired) electrons. The van der Waals surface area contributed by atoms with E-state index in [-0.39, 0.29) is 0 Å². The number of nitriles is 1. The molecule has 2 aliphatic rings. The summed E-state index contributed by atoms with van der Waals surface area (Å²) in [5, 5.41) is 10.2. The van der Waals surface area contributed by atoms with Gasteiger partial charge in [0.2, 0.25) is 5.88 Å². The molecule has 0 unspecified atom stereocenters. The SMILES string of the molecule is N#Cc1ccc(COc2cccc(C3CCN(Cc4nc5ccccc5n4C[C@@H]4CCO4)CC3)n2)c2ccoc12. The number of fused-ring (bicyclic) bond motifs is 2. The fourth-order valence-corrected chi connectivity index (χ4v) is 5.89. The van der Waals surface area contributed by atoms with Gasteiger partial charge in [-0.1, -0.05) is 24.3 Å². The van der Waals surface area contributed by atoms with Crippen molar-refractivity contribution in [3.05, 3.63) is 89.6 Å². The molecule has 5 aromatic rings. The maximum Gasteiger partial charge on any atom is 0.213 e. The summed E-state index contributed by atoms with van der Waals surface area (Å²) in [7, 11) is 0. The van der Waals surface area contributed by atoms with E-state index >= 15 is 0 Å². The summed E-state index contributed by atoms with van der Waals surface area (Å²) in [6.07, 6.45) is 5.12. The normalized spacial score (nSPS) is 18.1. The van der Waals surface area contributed by atoms with E-state index in [1.165, 1.54) is 5.52 Å². The van der Waals surface area contributed by atoms with Gasteiger partial charge in [0.25, 0.3) is 0 Å². The van der Waals surface area contributed by atoms with Crippen molar-refractivity contribution in [1.82, 2.24) is 19.4 Å². The van der Waals surface area contributed by atoms with Crippen molar-refractivity contribution in [3.63, 3.8) is 0 Å². The average molecular weight is 534 g/mol. The fourth-order valence-electron chi connectivity index (χ4n) is 5.89. The molecule has 0 spiro atoms. The van der Waals surface area contributed by atoms with Crippen molar-refractivity contribution in [2.75, 3.05) is 19.7 Å². The molecule has 0 amide bonds. The number of para-hydroxylation sites is 2. The molecule has 7 rings (SSSR count). The van der Waals surface area contributed by atoms with E-state index < -0.39 is 0 Å². The number of aromatic nitrogens is 3. The first-order valence-corrected chi connectivity index (χ1v) is 14.0. The van der Waals surface area contributed by atoms with Gasteiger partial charge in [-0.25, -0.2) is 9.97 Å². The smallest absolute Gasteiger partial charge is 0.213 e. The topological polar surface area (TPSA) is 89.3 Å². The summed E-state index contributed by atoms with van der Waals surface area (Å²) in [6, 6.07) is 22.2. The maximum atomic E-state index is 9.32. The lowest BCUT2D eigenvalue weighted by atomic mass is 9.93. The number of pyridine rings is 1. The molecule has 8 nitrogen and oxygen atoms in total. The number of hydrogen-bond donors (Lipinski definition) is 0.